The summed E-state index contributed by atoms with van der Waals surface area (Å²) in [5.74, 6) is 0.256. The van der Waals surface area contributed by atoms with Crippen LogP contribution in [0.1, 0.15) is 30.1 Å². The fourth-order valence-electron chi connectivity index (χ4n) is 1.69. The van der Waals surface area contributed by atoms with Gasteiger partial charge in [-0.2, -0.15) is 0 Å². The van der Waals surface area contributed by atoms with Crippen molar-refractivity contribution in [3.05, 3.63) is 59.9 Å². The average molecular weight is 288 g/mol. The van der Waals surface area contributed by atoms with Crippen LogP contribution in [0.2, 0.25) is 0 Å². The summed E-state index contributed by atoms with van der Waals surface area (Å²) in [6, 6.07) is 12.1. The molecule has 0 atom stereocenters. The summed E-state index contributed by atoms with van der Waals surface area (Å²) in [7, 11) is 0. The first-order chi connectivity index (χ1) is 10.2. The largest absolute Gasteiger partial charge is 0.494 e. The van der Waals surface area contributed by atoms with Crippen molar-refractivity contribution < 1.29 is 18.7 Å². The second-order valence-electron chi connectivity index (χ2n) is 4.57. The monoisotopic (exact) mass is 288 g/mol. The molecule has 0 saturated heterocycles. The van der Waals surface area contributed by atoms with Crippen molar-refractivity contribution in [3.8, 4) is 11.5 Å². The minimum absolute atomic E-state index is 0.305. The van der Waals surface area contributed by atoms with E-state index in [-0.39, 0.29) is 5.82 Å². The van der Waals surface area contributed by atoms with Gasteiger partial charge in [-0.25, -0.2) is 9.18 Å². The van der Waals surface area contributed by atoms with E-state index in [0.29, 0.717) is 17.9 Å². The molecule has 0 N–H and O–H groups in total. The Bertz CT molecular complexity index is 576. The molecule has 0 saturated carbocycles. The lowest BCUT2D eigenvalue weighted by Gasteiger charge is -2.07. The van der Waals surface area contributed by atoms with Gasteiger partial charge in [0.1, 0.15) is 17.3 Å². The van der Waals surface area contributed by atoms with E-state index in [4.69, 9.17) is 9.47 Å². The number of ether oxygens (including phenoxy) is 2. The molecule has 0 heterocycles. The first kappa shape index (κ1) is 15.0. The summed E-state index contributed by atoms with van der Waals surface area (Å²) in [5, 5.41) is 0. The lowest BCUT2D eigenvalue weighted by atomic mass is 10.2. The molecule has 4 heteroatoms. The molecule has 0 bridgehead atoms. The van der Waals surface area contributed by atoms with Crippen molar-refractivity contribution in [1.29, 1.82) is 0 Å². The molecule has 0 amide bonds. The number of hydrogen-bond donors (Lipinski definition) is 0. The third-order valence-corrected chi connectivity index (χ3v) is 2.88. The van der Waals surface area contributed by atoms with E-state index >= 15 is 0 Å². The third kappa shape index (κ3) is 4.60. The highest BCUT2D eigenvalue weighted by molar-refractivity contribution is 5.90. The molecule has 0 spiro atoms. The Kier molecular flexibility index (Phi) is 5.32. The summed E-state index contributed by atoms with van der Waals surface area (Å²) in [6.07, 6.45) is 2.08. The minimum Gasteiger partial charge on any atom is -0.494 e. The number of carbonyl (C=O) groups is 1. The molecule has 0 aliphatic heterocycles. The molecule has 0 aliphatic carbocycles. The standard InChI is InChI=1S/C17H17FO3/c1-2-3-12-20-15-8-10-16(11-9-15)21-17(19)13-4-6-14(18)7-5-13/h4-11H,2-3,12H2,1H3. The maximum absolute atomic E-state index is 12.8. The SMILES string of the molecule is CCCCOc1ccc(OC(=O)c2ccc(F)cc2)cc1. The van der Waals surface area contributed by atoms with Gasteiger partial charge in [-0.1, -0.05) is 13.3 Å². The molecular weight excluding hydrogens is 271 g/mol. The van der Waals surface area contributed by atoms with Crippen LogP contribution in [-0.2, 0) is 0 Å². The molecule has 0 aromatic heterocycles. The fraction of sp³-hybridized carbons (Fsp3) is 0.235. The Morgan fingerprint density at radius 2 is 1.62 bits per heavy atom. The van der Waals surface area contributed by atoms with E-state index in [1.54, 1.807) is 24.3 Å². The van der Waals surface area contributed by atoms with Crippen molar-refractivity contribution in [1.82, 2.24) is 0 Å². The number of benzene rings is 2. The molecule has 0 radical (unpaired) electrons. The molecule has 21 heavy (non-hydrogen) atoms. The third-order valence-electron chi connectivity index (χ3n) is 2.88. The molecule has 0 fully saturated rings. The Hall–Kier alpha value is -2.36. The fourth-order valence-corrected chi connectivity index (χ4v) is 1.69. The topological polar surface area (TPSA) is 35.5 Å². The summed E-state index contributed by atoms with van der Waals surface area (Å²) in [4.78, 5) is 11.8. The highest BCUT2D eigenvalue weighted by Crippen LogP contribution is 2.19. The van der Waals surface area contributed by atoms with Crippen LogP contribution < -0.4 is 9.47 Å². The van der Waals surface area contributed by atoms with Crippen LogP contribution in [-0.4, -0.2) is 12.6 Å². The maximum atomic E-state index is 12.8. The number of unbranched alkanes of at least 4 members (excludes halogenated alkanes) is 1. The van der Waals surface area contributed by atoms with Crippen molar-refractivity contribution in [3.63, 3.8) is 0 Å². The average Bonchev–Trinajstić information content (AvgIpc) is 2.50. The molecule has 2 aromatic rings. The number of hydrogen-bond acceptors (Lipinski definition) is 3. The Morgan fingerprint density at radius 1 is 1.00 bits per heavy atom. The highest BCUT2D eigenvalue weighted by Gasteiger charge is 2.08. The van der Waals surface area contributed by atoms with Gasteiger partial charge in [-0.3, -0.25) is 0 Å². The molecule has 0 unspecified atom stereocenters. The van der Waals surface area contributed by atoms with Gasteiger partial charge in [0.15, 0.2) is 0 Å². The minimum atomic E-state index is -0.519. The van der Waals surface area contributed by atoms with Crippen LogP contribution in [0.15, 0.2) is 48.5 Å². The predicted octanol–water partition coefficient (Wildman–Crippen LogP) is 4.22. The van der Waals surface area contributed by atoms with Gasteiger partial charge in [0.05, 0.1) is 12.2 Å². The van der Waals surface area contributed by atoms with Gasteiger partial charge in [-0.05, 0) is 55.0 Å². The van der Waals surface area contributed by atoms with Crippen LogP contribution in [0.25, 0.3) is 0 Å². The Labute approximate surface area is 123 Å². The predicted molar refractivity (Wildman–Crippen MR) is 78.2 cm³/mol. The quantitative estimate of drug-likeness (QED) is 0.453. The van der Waals surface area contributed by atoms with Crippen LogP contribution in [0.5, 0.6) is 11.5 Å². The van der Waals surface area contributed by atoms with Crippen LogP contribution in [0.3, 0.4) is 0 Å². The summed E-state index contributed by atoms with van der Waals surface area (Å²) in [6.45, 7) is 2.77. The van der Waals surface area contributed by atoms with E-state index < -0.39 is 5.97 Å². The second-order valence-corrected chi connectivity index (χ2v) is 4.57. The zero-order valence-electron chi connectivity index (χ0n) is 11.8. The summed E-state index contributed by atoms with van der Waals surface area (Å²) in [5.41, 5.74) is 0.305. The zero-order valence-corrected chi connectivity index (χ0v) is 11.8. The van der Waals surface area contributed by atoms with E-state index in [1.807, 2.05) is 0 Å². The van der Waals surface area contributed by atoms with Gasteiger partial charge < -0.3 is 9.47 Å². The van der Waals surface area contributed by atoms with Crippen molar-refractivity contribution in [2.24, 2.45) is 0 Å². The Morgan fingerprint density at radius 3 is 2.24 bits per heavy atom. The molecular formula is C17H17FO3. The van der Waals surface area contributed by atoms with Crippen LogP contribution in [0.4, 0.5) is 4.39 Å². The zero-order chi connectivity index (χ0) is 15.1. The number of rotatable bonds is 6. The molecule has 110 valence electrons. The van der Waals surface area contributed by atoms with Gasteiger partial charge >= 0.3 is 5.97 Å². The molecule has 0 aliphatic rings. The number of esters is 1. The smallest absolute Gasteiger partial charge is 0.343 e. The summed E-state index contributed by atoms with van der Waals surface area (Å²) >= 11 is 0. The van der Waals surface area contributed by atoms with E-state index in [1.165, 1.54) is 24.3 Å². The molecule has 2 aromatic carbocycles. The highest BCUT2D eigenvalue weighted by atomic mass is 19.1. The van der Waals surface area contributed by atoms with Crippen LogP contribution in [0, 0.1) is 5.82 Å². The van der Waals surface area contributed by atoms with E-state index in [9.17, 15) is 9.18 Å². The van der Waals surface area contributed by atoms with E-state index in [2.05, 4.69) is 6.92 Å². The van der Waals surface area contributed by atoms with Gasteiger partial charge in [0.25, 0.3) is 0 Å². The normalized spacial score (nSPS) is 10.2. The molecule has 3 nitrogen and oxygen atoms in total. The van der Waals surface area contributed by atoms with Crippen molar-refractivity contribution >= 4 is 5.97 Å². The first-order valence-electron chi connectivity index (χ1n) is 6.89. The number of carbonyl (C=O) groups excluding carboxylic acids is 1. The molecule has 2 rings (SSSR count). The van der Waals surface area contributed by atoms with Crippen molar-refractivity contribution in [2.45, 2.75) is 19.8 Å². The van der Waals surface area contributed by atoms with Gasteiger partial charge in [0, 0.05) is 0 Å². The van der Waals surface area contributed by atoms with Gasteiger partial charge in [-0.15, -0.1) is 0 Å². The van der Waals surface area contributed by atoms with Gasteiger partial charge in [0.2, 0.25) is 0 Å². The number of halogens is 1. The van der Waals surface area contributed by atoms with Crippen LogP contribution >= 0.6 is 0 Å². The first-order valence-corrected chi connectivity index (χ1v) is 6.89. The summed E-state index contributed by atoms with van der Waals surface area (Å²) < 4.78 is 23.5. The lowest BCUT2D eigenvalue weighted by Crippen LogP contribution is -2.08. The lowest BCUT2D eigenvalue weighted by molar-refractivity contribution is 0.0734. The Balaban J connectivity index is 1.93. The maximum Gasteiger partial charge on any atom is 0.343 e. The second kappa shape index (κ2) is 7.43. The van der Waals surface area contributed by atoms with Crippen molar-refractivity contribution in [2.75, 3.05) is 6.61 Å². The van der Waals surface area contributed by atoms with E-state index in [0.717, 1.165) is 18.6 Å².